The second-order valence-corrected chi connectivity index (χ2v) is 7.63. The summed E-state index contributed by atoms with van der Waals surface area (Å²) in [5.41, 5.74) is 1.35. The molecule has 2 aromatic carbocycles. The maximum absolute atomic E-state index is 12.4. The molecule has 124 valence electrons. The molecule has 0 bridgehead atoms. The Morgan fingerprint density at radius 1 is 1.20 bits per heavy atom. The fourth-order valence-electron chi connectivity index (χ4n) is 2.77. The van der Waals surface area contributed by atoms with Crippen LogP contribution in [0.3, 0.4) is 0 Å². The van der Waals surface area contributed by atoms with Gasteiger partial charge in [-0.3, -0.25) is 9.36 Å². The van der Waals surface area contributed by atoms with Gasteiger partial charge in [0.05, 0.1) is 17.5 Å². The number of hydrogen-bond acceptors (Lipinski definition) is 4. The molecule has 1 aromatic heterocycles. The zero-order valence-corrected chi connectivity index (χ0v) is 15.2. The van der Waals surface area contributed by atoms with Gasteiger partial charge in [0.1, 0.15) is 4.88 Å². The minimum atomic E-state index is -0.393. The van der Waals surface area contributed by atoms with Crippen LogP contribution in [-0.2, 0) is 11.3 Å². The van der Waals surface area contributed by atoms with Gasteiger partial charge in [-0.1, -0.05) is 41.9 Å². The van der Waals surface area contributed by atoms with Gasteiger partial charge in [-0.2, -0.15) is 0 Å². The summed E-state index contributed by atoms with van der Waals surface area (Å²) >= 11 is 12.7. The molecule has 0 radical (unpaired) electrons. The Kier molecular flexibility index (Phi) is 4.03. The van der Waals surface area contributed by atoms with E-state index in [1.807, 2.05) is 30.3 Å². The average Bonchev–Trinajstić information content (AvgIpc) is 3.05. The number of hydrogen-bond donors (Lipinski definition) is 1. The van der Waals surface area contributed by atoms with Crippen molar-refractivity contribution in [3.8, 4) is 5.88 Å². The number of thiazole rings is 1. The Balaban J connectivity index is 1.90. The zero-order chi connectivity index (χ0) is 17.6. The van der Waals surface area contributed by atoms with Crippen LogP contribution in [0.15, 0.2) is 53.5 Å². The lowest BCUT2D eigenvalue weighted by atomic mass is 10.1. The number of rotatable bonds is 3. The molecule has 7 heteroatoms. The van der Waals surface area contributed by atoms with Crippen molar-refractivity contribution >= 4 is 46.6 Å². The zero-order valence-electron chi connectivity index (χ0n) is 12.8. The molecule has 25 heavy (non-hydrogen) atoms. The molecule has 1 amide bonds. The average molecular weight is 387 g/mol. The molecular weight excluding hydrogens is 376 g/mol. The molecule has 1 aliphatic heterocycles. The molecule has 0 aliphatic carbocycles. The number of benzene rings is 2. The molecule has 0 fully saturated rings. The third-order valence-corrected chi connectivity index (χ3v) is 5.63. The largest absolute Gasteiger partial charge is 0.493 e. The van der Waals surface area contributed by atoms with Crippen LogP contribution < -0.4 is 10.6 Å². The molecule has 1 aliphatic rings. The predicted molar refractivity (Wildman–Crippen MR) is 100 cm³/mol. The number of aromatic hydroxyl groups is 1. The highest BCUT2D eigenvalue weighted by atomic mass is 35.5. The van der Waals surface area contributed by atoms with E-state index in [4.69, 9.17) is 23.8 Å². The van der Waals surface area contributed by atoms with Crippen LogP contribution in [0.1, 0.15) is 10.4 Å². The van der Waals surface area contributed by atoms with E-state index in [1.165, 1.54) is 11.3 Å². The first kappa shape index (κ1) is 16.2. The van der Waals surface area contributed by atoms with Crippen LogP contribution in [-0.4, -0.2) is 15.6 Å². The molecule has 1 N–H and O–H groups in total. The summed E-state index contributed by atoms with van der Waals surface area (Å²) in [4.78, 5) is 16.8. The van der Waals surface area contributed by atoms with Gasteiger partial charge in [-0.25, -0.2) is 4.99 Å². The van der Waals surface area contributed by atoms with Crippen molar-refractivity contribution in [3.63, 3.8) is 0 Å². The molecule has 3 aromatic rings. The lowest BCUT2D eigenvalue weighted by Gasteiger charge is -2.05. The van der Waals surface area contributed by atoms with Gasteiger partial charge in [-0.15, -0.1) is 11.3 Å². The SMILES string of the molecule is O=C1N=c2ccc(Cl)cc2=C1c1sc(=S)n(Cc2ccccc2)c1O. The number of aromatic nitrogens is 1. The van der Waals surface area contributed by atoms with Gasteiger partial charge < -0.3 is 5.11 Å². The van der Waals surface area contributed by atoms with Crippen LogP contribution in [0, 0.1) is 3.95 Å². The smallest absolute Gasteiger partial charge is 0.279 e. The van der Waals surface area contributed by atoms with Crippen LogP contribution in [0.25, 0.3) is 5.57 Å². The van der Waals surface area contributed by atoms with Crippen molar-refractivity contribution in [1.29, 1.82) is 0 Å². The third-order valence-electron chi connectivity index (χ3n) is 3.94. The summed E-state index contributed by atoms with van der Waals surface area (Å²) < 4.78 is 2.11. The van der Waals surface area contributed by atoms with Crippen molar-refractivity contribution in [1.82, 2.24) is 4.57 Å². The maximum Gasteiger partial charge on any atom is 0.279 e. The molecule has 4 nitrogen and oxygen atoms in total. The summed E-state index contributed by atoms with van der Waals surface area (Å²) in [6, 6.07) is 14.8. The molecular formula is C18H11ClN2O2S2. The number of halogens is 1. The Bertz CT molecular complexity index is 1180. The van der Waals surface area contributed by atoms with Crippen LogP contribution >= 0.6 is 35.2 Å². The van der Waals surface area contributed by atoms with Crippen molar-refractivity contribution in [2.45, 2.75) is 6.54 Å². The first-order valence-corrected chi connectivity index (χ1v) is 9.04. The van der Waals surface area contributed by atoms with Gasteiger partial charge in [0.25, 0.3) is 5.91 Å². The van der Waals surface area contributed by atoms with E-state index in [0.29, 0.717) is 36.5 Å². The normalized spacial score (nSPS) is 13.0. The van der Waals surface area contributed by atoms with Gasteiger partial charge in [0.2, 0.25) is 5.88 Å². The quantitative estimate of drug-likeness (QED) is 0.704. The summed E-state index contributed by atoms with van der Waals surface area (Å²) in [5, 5.41) is 12.4. The number of carbonyl (C=O) groups is 1. The molecule has 0 saturated carbocycles. The molecule has 0 atom stereocenters. The lowest BCUT2D eigenvalue weighted by molar-refractivity contribution is -0.112. The van der Waals surface area contributed by atoms with Gasteiger partial charge in [-0.05, 0) is 36.0 Å². The van der Waals surface area contributed by atoms with E-state index in [1.54, 1.807) is 22.8 Å². The molecule has 0 saturated heterocycles. The van der Waals surface area contributed by atoms with Crippen LogP contribution in [0.4, 0.5) is 0 Å². The van der Waals surface area contributed by atoms with Gasteiger partial charge >= 0.3 is 0 Å². The molecule has 0 spiro atoms. The number of carbonyl (C=O) groups excluding carboxylic acids is 1. The Morgan fingerprint density at radius 2 is 1.96 bits per heavy atom. The second-order valence-electron chi connectivity index (χ2n) is 5.55. The van der Waals surface area contributed by atoms with Crippen LogP contribution in [0.5, 0.6) is 5.88 Å². The number of nitrogens with zero attached hydrogens (tertiary/aromatic N) is 2. The highest BCUT2D eigenvalue weighted by molar-refractivity contribution is 7.73. The van der Waals surface area contributed by atoms with Crippen molar-refractivity contribution < 1.29 is 9.90 Å². The summed E-state index contributed by atoms with van der Waals surface area (Å²) in [6.07, 6.45) is 0. The summed E-state index contributed by atoms with van der Waals surface area (Å²) in [7, 11) is 0. The minimum absolute atomic E-state index is 0.0229. The van der Waals surface area contributed by atoms with Gasteiger partial charge in [0, 0.05) is 10.2 Å². The molecule has 0 unspecified atom stereocenters. The minimum Gasteiger partial charge on any atom is -0.493 e. The second kappa shape index (κ2) is 6.22. The van der Waals surface area contributed by atoms with E-state index in [0.717, 1.165) is 5.56 Å². The van der Waals surface area contributed by atoms with E-state index < -0.39 is 5.91 Å². The standard InChI is InChI=1S/C18H11ClN2O2S2/c19-11-6-7-13-12(8-11)14(16(22)20-13)15-17(23)21(18(24)25-15)9-10-4-2-1-3-5-10/h1-8,23H,9H2. The van der Waals surface area contributed by atoms with Crippen molar-refractivity contribution in [2.75, 3.05) is 0 Å². The maximum atomic E-state index is 12.4. The van der Waals surface area contributed by atoms with Crippen molar-refractivity contribution in [2.24, 2.45) is 4.99 Å². The Labute approximate surface area is 157 Å². The third kappa shape index (κ3) is 2.82. The summed E-state index contributed by atoms with van der Waals surface area (Å²) in [5.74, 6) is -0.416. The monoisotopic (exact) mass is 386 g/mol. The van der Waals surface area contributed by atoms with E-state index in [9.17, 15) is 9.90 Å². The van der Waals surface area contributed by atoms with E-state index in [-0.39, 0.29) is 5.88 Å². The fraction of sp³-hybridized carbons (Fsp3) is 0.0556. The van der Waals surface area contributed by atoms with E-state index in [2.05, 4.69) is 4.99 Å². The predicted octanol–water partition coefficient (Wildman–Crippen LogP) is 3.05. The summed E-state index contributed by atoms with van der Waals surface area (Å²) in [6.45, 7) is 0.434. The Hall–Kier alpha value is -2.28. The lowest BCUT2D eigenvalue weighted by Crippen LogP contribution is -2.22. The Morgan fingerprint density at radius 3 is 2.72 bits per heavy atom. The van der Waals surface area contributed by atoms with Crippen molar-refractivity contribution in [3.05, 3.63) is 78.5 Å². The van der Waals surface area contributed by atoms with Gasteiger partial charge in [0.15, 0.2) is 3.95 Å². The number of fused-ring (bicyclic) bond motifs is 1. The molecule has 2 heterocycles. The fourth-order valence-corrected chi connectivity index (χ4v) is 4.28. The highest BCUT2D eigenvalue weighted by Gasteiger charge is 2.25. The first-order chi connectivity index (χ1) is 12.0. The topological polar surface area (TPSA) is 54.6 Å². The number of amides is 1. The molecule has 4 rings (SSSR count). The first-order valence-electron chi connectivity index (χ1n) is 7.44. The highest BCUT2D eigenvalue weighted by Crippen LogP contribution is 2.33. The van der Waals surface area contributed by atoms with E-state index >= 15 is 0 Å². The van der Waals surface area contributed by atoms with Crippen LogP contribution in [0.2, 0.25) is 5.02 Å².